The number of hydrogen-bond acceptors (Lipinski definition) is 8. The molecule has 1 fully saturated rings. The molecule has 1 aromatic heterocycles. The number of carbonyl (C=O) groups excluding carboxylic acids is 4. The Balaban J connectivity index is 1.14. The lowest BCUT2D eigenvalue weighted by Gasteiger charge is -2.43. The van der Waals surface area contributed by atoms with E-state index in [0.717, 1.165) is 53.4 Å². The first-order valence-electron chi connectivity index (χ1n) is 19.4. The number of fused-ring (bicyclic) bond motifs is 2. The molecule has 6 rings (SSSR count). The molecule has 2 aliphatic heterocycles. The quantitative estimate of drug-likeness (QED) is 0.0650. The summed E-state index contributed by atoms with van der Waals surface area (Å²) in [4.78, 5) is 69.2. The van der Waals surface area contributed by atoms with Gasteiger partial charge in [-0.05, 0) is 86.9 Å². The molecule has 4 aromatic rings. The van der Waals surface area contributed by atoms with Crippen molar-refractivity contribution in [3.8, 4) is 0 Å². The van der Waals surface area contributed by atoms with Crippen molar-refractivity contribution in [1.29, 1.82) is 0 Å². The molecule has 0 saturated carbocycles. The smallest absolute Gasteiger partial charge is 0.328 e. The highest BCUT2D eigenvalue weighted by Crippen LogP contribution is 2.34. The van der Waals surface area contributed by atoms with Crippen molar-refractivity contribution < 1.29 is 33.8 Å². The molecule has 0 aliphatic carbocycles. The van der Waals surface area contributed by atoms with Gasteiger partial charge in [0.2, 0.25) is 11.8 Å². The second-order valence-corrected chi connectivity index (χ2v) is 15.2. The number of carboxylic acid groups (broad SMARTS) is 1. The molecule has 4 amide bonds. The Morgan fingerprint density at radius 1 is 1.00 bits per heavy atom. The third-order valence-corrected chi connectivity index (χ3v) is 11.5. The van der Waals surface area contributed by atoms with Crippen LogP contribution in [0.2, 0.25) is 0 Å². The van der Waals surface area contributed by atoms with Gasteiger partial charge in [-0.2, -0.15) is 0 Å². The minimum atomic E-state index is -1.03. The van der Waals surface area contributed by atoms with E-state index in [1.807, 2.05) is 30.3 Å². The van der Waals surface area contributed by atoms with Crippen LogP contribution in [0.25, 0.3) is 17.0 Å². The lowest BCUT2D eigenvalue weighted by Crippen LogP contribution is -2.54. The molecule has 56 heavy (non-hydrogen) atoms. The Hall–Kier alpha value is -5.59. The molecule has 12 heteroatoms. The average molecular weight is 762 g/mol. The van der Waals surface area contributed by atoms with Crippen molar-refractivity contribution in [3.05, 3.63) is 107 Å². The highest BCUT2D eigenvalue weighted by molar-refractivity contribution is 6.25. The third kappa shape index (κ3) is 8.77. The number of amides is 4. The number of H-pyrrole nitrogens is 1. The van der Waals surface area contributed by atoms with Crippen LogP contribution in [0.1, 0.15) is 97.2 Å². The van der Waals surface area contributed by atoms with Gasteiger partial charge in [0, 0.05) is 60.5 Å². The summed E-state index contributed by atoms with van der Waals surface area (Å²) in [7, 11) is 0. The molecule has 0 radical (unpaired) electrons. The van der Waals surface area contributed by atoms with E-state index in [9.17, 15) is 24.0 Å². The molecule has 0 bridgehead atoms. The fourth-order valence-corrected chi connectivity index (χ4v) is 7.48. The summed E-state index contributed by atoms with van der Waals surface area (Å²) in [6.07, 6.45) is 7.99. The molecule has 4 N–H and O–H groups in total. The molecule has 2 aliphatic rings. The van der Waals surface area contributed by atoms with E-state index in [1.165, 1.54) is 10.9 Å². The Morgan fingerprint density at radius 3 is 2.48 bits per heavy atom. The predicted molar refractivity (Wildman–Crippen MR) is 215 cm³/mol. The second kappa shape index (κ2) is 17.1. The summed E-state index contributed by atoms with van der Waals surface area (Å²) < 4.78 is 6.87. The van der Waals surface area contributed by atoms with Crippen LogP contribution in [0, 0.1) is 0 Å². The number of nitrogens with zero attached hydrogens (tertiary/aromatic N) is 2. The van der Waals surface area contributed by atoms with Crippen LogP contribution in [-0.4, -0.2) is 86.4 Å². The molecule has 3 heterocycles. The van der Waals surface area contributed by atoms with E-state index in [4.69, 9.17) is 9.84 Å². The molecule has 12 nitrogen and oxygen atoms in total. The first kappa shape index (κ1) is 40.1. The fourth-order valence-electron chi connectivity index (χ4n) is 7.48. The van der Waals surface area contributed by atoms with Crippen molar-refractivity contribution in [2.45, 2.75) is 89.9 Å². The molecule has 3 aromatic carbocycles. The van der Waals surface area contributed by atoms with E-state index < -0.39 is 41.2 Å². The maximum atomic E-state index is 13.6. The lowest BCUT2D eigenvalue weighted by molar-refractivity contribution is -0.136. The number of aliphatic carboxylic acids is 1. The molecule has 3 atom stereocenters. The van der Waals surface area contributed by atoms with E-state index >= 15 is 0 Å². The zero-order chi connectivity index (χ0) is 40.0. The number of anilines is 1. The number of rotatable bonds is 18. The summed E-state index contributed by atoms with van der Waals surface area (Å²) >= 11 is 0. The molecule has 294 valence electrons. The van der Waals surface area contributed by atoms with Gasteiger partial charge in [-0.3, -0.25) is 34.3 Å². The van der Waals surface area contributed by atoms with Crippen LogP contribution in [0.3, 0.4) is 0 Å². The Labute approximate surface area is 327 Å². The number of piperidine rings is 1. The normalized spacial score (nSPS) is 18.0. The molecule has 0 spiro atoms. The lowest BCUT2D eigenvalue weighted by atomic mass is 9.93. The van der Waals surface area contributed by atoms with E-state index in [0.29, 0.717) is 31.8 Å². The maximum absolute atomic E-state index is 13.6. The molecule has 3 unspecified atom stereocenters. The molecular formula is C44H51N5O7. The van der Waals surface area contributed by atoms with Crippen LogP contribution in [0.15, 0.2) is 79.0 Å². The van der Waals surface area contributed by atoms with E-state index in [2.05, 4.69) is 72.6 Å². The van der Waals surface area contributed by atoms with Gasteiger partial charge in [0.05, 0.1) is 23.3 Å². The van der Waals surface area contributed by atoms with E-state index in [-0.39, 0.29) is 29.5 Å². The van der Waals surface area contributed by atoms with Gasteiger partial charge in [0.15, 0.2) is 0 Å². The van der Waals surface area contributed by atoms with Gasteiger partial charge >= 0.3 is 5.97 Å². The summed E-state index contributed by atoms with van der Waals surface area (Å²) in [6.45, 7) is 11.0. The molecular weight excluding hydrogens is 711 g/mol. The topological polar surface area (TPSA) is 161 Å². The molecule has 1 saturated heterocycles. The Bertz CT molecular complexity index is 2140. The van der Waals surface area contributed by atoms with Crippen molar-refractivity contribution in [1.82, 2.24) is 20.1 Å². The van der Waals surface area contributed by atoms with Crippen LogP contribution in [-0.2, 0) is 32.1 Å². The Kier molecular flexibility index (Phi) is 12.2. The van der Waals surface area contributed by atoms with Gasteiger partial charge in [0.25, 0.3) is 11.8 Å². The summed E-state index contributed by atoms with van der Waals surface area (Å²) in [6, 6.07) is 20.3. The number of para-hydroxylation sites is 1. The first-order chi connectivity index (χ1) is 26.8. The van der Waals surface area contributed by atoms with Crippen LogP contribution in [0.4, 0.5) is 5.69 Å². The van der Waals surface area contributed by atoms with Crippen molar-refractivity contribution >= 4 is 52.3 Å². The number of aromatic nitrogens is 1. The SMILES string of the molecule is CCC(C)(CCNc1cccc2c1C(=O)N(C1CCC(=O)NC1=O)C2=O)OCC(C)(CC)N(CCc1c[nH]c2ccccc12)Cc1ccc(/C=C/C(=O)O)cc1. The predicted octanol–water partition coefficient (Wildman–Crippen LogP) is 6.57. The number of nitrogens with one attached hydrogen (secondary N) is 3. The fraction of sp³-hybridized carbons (Fsp3) is 0.386. The monoisotopic (exact) mass is 761 g/mol. The van der Waals surface area contributed by atoms with Crippen LogP contribution < -0.4 is 10.6 Å². The maximum Gasteiger partial charge on any atom is 0.328 e. The number of carboxylic acids is 1. The number of aromatic amines is 1. The average Bonchev–Trinajstić information content (AvgIpc) is 3.72. The van der Waals surface area contributed by atoms with Crippen LogP contribution in [0.5, 0.6) is 0 Å². The van der Waals surface area contributed by atoms with Crippen LogP contribution >= 0.6 is 0 Å². The van der Waals surface area contributed by atoms with Crippen molar-refractivity contribution in [2.24, 2.45) is 0 Å². The van der Waals surface area contributed by atoms with Gasteiger partial charge in [-0.25, -0.2) is 4.79 Å². The minimum absolute atomic E-state index is 0.0601. The zero-order valence-corrected chi connectivity index (χ0v) is 32.5. The summed E-state index contributed by atoms with van der Waals surface area (Å²) in [5.41, 5.74) is 4.41. The highest BCUT2D eigenvalue weighted by atomic mass is 16.5. The third-order valence-electron chi connectivity index (χ3n) is 11.5. The van der Waals surface area contributed by atoms with Gasteiger partial charge in [0.1, 0.15) is 6.04 Å². The van der Waals surface area contributed by atoms with Crippen molar-refractivity contribution in [3.63, 3.8) is 0 Å². The Morgan fingerprint density at radius 2 is 1.77 bits per heavy atom. The van der Waals surface area contributed by atoms with Gasteiger partial charge < -0.3 is 20.1 Å². The number of imide groups is 2. The summed E-state index contributed by atoms with van der Waals surface area (Å²) in [5.74, 6) is -3.12. The van der Waals surface area contributed by atoms with Gasteiger partial charge in [-0.1, -0.05) is 62.4 Å². The van der Waals surface area contributed by atoms with Crippen molar-refractivity contribution in [2.75, 3.05) is 25.0 Å². The van der Waals surface area contributed by atoms with Gasteiger partial charge in [-0.15, -0.1) is 0 Å². The van der Waals surface area contributed by atoms with E-state index in [1.54, 1.807) is 24.3 Å². The second-order valence-electron chi connectivity index (χ2n) is 15.2. The standard InChI is InChI=1S/C44H51N5O7/c1-5-43(3,48(25-22-31-26-46-34-12-8-7-10-32(31)34)27-30-16-14-29(15-17-30)18-21-38(51)52)28-56-44(4,6-2)23-24-45-35-13-9-11-33-39(35)42(55)49(41(33)54)36-19-20-37(50)47-40(36)53/h7-18,21,26,36,45-46H,5-6,19-20,22-25,27-28H2,1-4H3,(H,51,52)(H,47,50,53)/b21-18+. The number of ether oxygens (including phenoxy) is 1. The number of hydrogen-bond donors (Lipinski definition) is 4. The summed E-state index contributed by atoms with van der Waals surface area (Å²) in [5, 5.41) is 15.9. The largest absolute Gasteiger partial charge is 0.478 e. The minimum Gasteiger partial charge on any atom is -0.478 e. The number of benzene rings is 3. The zero-order valence-electron chi connectivity index (χ0n) is 32.5. The first-order valence-corrected chi connectivity index (χ1v) is 19.4. The highest BCUT2D eigenvalue weighted by Gasteiger charge is 2.45. The number of carbonyl (C=O) groups is 5.